The SMILES string of the molecule is CC1CCN(CCCNC(=O)Cn2cnc3c(cnn3C)c2=O)CC1. The first-order valence-corrected chi connectivity index (χ1v) is 8.91. The van der Waals surface area contributed by atoms with Crippen LogP contribution in [0.1, 0.15) is 26.2 Å². The highest BCUT2D eigenvalue weighted by Gasteiger charge is 2.15. The second-order valence-corrected chi connectivity index (χ2v) is 6.91. The van der Waals surface area contributed by atoms with Gasteiger partial charge in [-0.1, -0.05) is 6.92 Å². The van der Waals surface area contributed by atoms with Crippen LogP contribution in [0.25, 0.3) is 11.0 Å². The minimum absolute atomic E-state index is 0.0160. The van der Waals surface area contributed by atoms with E-state index in [1.54, 1.807) is 11.7 Å². The van der Waals surface area contributed by atoms with Gasteiger partial charge in [0.05, 0.1) is 6.20 Å². The Balaban J connectivity index is 1.45. The molecule has 8 nitrogen and oxygen atoms in total. The van der Waals surface area contributed by atoms with E-state index in [1.807, 2.05) is 0 Å². The minimum Gasteiger partial charge on any atom is -0.354 e. The van der Waals surface area contributed by atoms with E-state index < -0.39 is 0 Å². The lowest BCUT2D eigenvalue weighted by Gasteiger charge is -2.30. The smallest absolute Gasteiger partial charge is 0.264 e. The summed E-state index contributed by atoms with van der Waals surface area (Å²) in [7, 11) is 1.73. The number of aromatic nitrogens is 4. The monoisotopic (exact) mass is 346 g/mol. The van der Waals surface area contributed by atoms with Crippen molar-refractivity contribution in [3.8, 4) is 0 Å². The number of rotatable bonds is 6. The van der Waals surface area contributed by atoms with Crippen molar-refractivity contribution in [1.82, 2.24) is 29.5 Å². The molecule has 0 saturated carbocycles. The Morgan fingerprint density at radius 3 is 2.88 bits per heavy atom. The molecule has 0 radical (unpaired) electrons. The first-order chi connectivity index (χ1) is 12.0. The van der Waals surface area contributed by atoms with E-state index >= 15 is 0 Å². The molecule has 0 unspecified atom stereocenters. The van der Waals surface area contributed by atoms with E-state index in [0.717, 1.165) is 32.0 Å². The van der Waals surface area contributed by atoms with Crippen molar-refractivity contribution in [2.75, 3.05) is 26.2 Å². The van der Waals surface area contributed by atoms with Gasteiger partial charge in [-0.25, -0.2) is 4.98 Å². The topological polar surface area (TPSA) is 85.1 Å². The van der Waals surface area contributed by atoms with Crippen molar-refractivity contribution in [2.45, 2.75) is 32.7 Å². The Morgan fingerprint density at radius 1 is 1.36 bits per heavy atom. The highest BCUT2D eigenvalue weighted by Crippen LogP contribution is 2.15. The third-order valence-electron chi connectivity index (χ3n) is 4.88. The van der Waals surface area contributed by atoms with Crippen molar-refractivity contribution >= 4 is 16.9 Å². The predicted molar refractivity (Wildman–Crippen MR) is 95.2 cm³/mol. The summed E-state index contributed by atoms with van der Waals surface area (Å²) in [6.45, 7) is 6.23. The van der Waals surface area contributed by atoms with Gasteiger partial charge < -0.3 is 10.2 Å². The van der Waals surface area contributed by atoms with Gasteiger partial charge in [-0.2, -0.15) is 5.10 Å². The maximum absolute atomic E-state index is 12.3. The molecule has 25 heavy (non-hydrogen) atoms. The summed E-state index contributed by atoms with van der Waals surface area (Å²) in [6.07, 6.45) is 6.34. The molecule has 136 valence electrons. The first-order valence-electron chi connectivity index (χ1n) is 8.91. The van der Waals surface area contributed by atoms with Crippen molar-refractivity contribution < 1.29 is 4.79 Å². The summed E-state index contributed by atoms with van der Waals surface area (Å²) in [6, 6.07) is 0. The number of amides is 1. The van der Waals surface area contributed by atoms with E-state index in [1.165, 1.54) is 29.9 Å². The zero-order valence-electron chi connectivity index (χ0n) is 14.9. The van der Waals surface area contributed by atoms with E-state index in [0.29, 0.717) is 17.6 Å². The number of carbonyl (C=O) groups is 1. The molecule has 1 aliphatic rings. The molecule has 0 aromatic carbocycles. The lowest BCUT2D eigenvalue weighted by atomic mass is 9.99. The lowest BCUT2D eigenvalue weighted by molar-refractivity contribution is -0.121. The van der Waals surface area contributed by atoms with Crippen LogP contribution in [0, 0.1) is 5.92 Å². The number of piperidine rings is 1. The molecule has 2 aromatic heterocycles. The Hall–Kier alpha value is -2.22. The van der Waals surface area contributed by atoms with E-state index in [9.17, 15) is 9.59 Å². The van der Waals surface area contributed by atoms with Crippen LogP contribution in [0.5, 0.6) is 0 Å². The fraction of sp³-hybridized carbons (Fsp3) is 0.647. The number of hydrogen-bond acceptors (Lipinski definition) is 5. The minimum atomic E-state index is -0.240. The Kier molecular flexibility index (Phi) is 5.47. The number of carbonyl (C=O) groups excluding carboxylic acids is 1. The van der Waals surface area contributed by atoms with Gasteiger partial charge in [0.1, 0.15) is 18.3 Å². The zero-order chi connectivity index (χ0) is 17.8. The van der Waals surface area contributed by atoms with Crippen LogP contribution in [0.4, 0.5) is 0 Å². The molecular weight excluding hydrogens is 320 g/mol. The van der Waals surface area contributed by atoms with Gasteiger partial charge in [-0.05, 0) is 44.8 Å². The highest BCUT2D eigenvalue weighted by molar-refractivity contribution is 5.77. The van der Waals surface area contributed by atoms with Crippen LogP contribution in [0.3, 0.4) is 0 Å². The van der Waals surface area contributed by atoms with Crippen molar-refractivity contribution in [3.05, 3.63) is 22.9 Å². The highest BCUT2D eigenvalue weighted by atomic mass is 16.2. The van der Waals surface area contributed by atoms with Crippen LogP contribution < -0.4 is 10.9 Å². The van der Waals surface area contributed by atoms with Crippen molar-refractivity contribution in [3.63, 3.8) is 0 Å². The standard InChI is InChI=1S/C17H26N6O2/c1-13-4-8-22(9-5-13)7-3-6-18-15(24)11-23-12-19-16-14(17(23)25)10-20-21(16)2/h10,12-13H,3-9,11H2,1-2H3,(H,18,24). The van der Waals surface area contributed by atoms with Gasteiger partial charge >= 0.3 is 0 Å². The molecule has 1 aliphatic heterocycles. The molecule has 3 rings (SSSR count). The van der Waals surface area contributed by atoms with Crippen molar-refractivity contribution in [2.24, 2.45) is 13.0 Å². The van der Waals surface area contributed by atoms with Gasteiger partial charge in [0.2, 0.25) is 5.91 Å². The van der Waals surface area contributed by atoms with Crippen LogP contribution in [0.15, 0.2) is 17.3 Å². The third kappa shape index (κ3) is 4.25. The normalized spacial score (nSPS) is 16.4. The molecule has 0 spiro atoms. The predicted octanol–water partition coefficient (Wildman–Crippen LogP) is 0.368. The number of likely N-dealkylation sites (tertiary alicyclic amines) is 1. The maximum Gasteiger partial charge on any atom is 0.264 e. The number of hydrogen-bond donors (Lipinski definition) is 1. The largest absolute Gasteiger partial charge is 0.354 e. The first kappa shape index (κ1) is 17.6. The average Bonchev–Trinajstić information content (AvgIpc) is 2.98. The summed E-state index contributed by atoms with van der Waals surface area (Å²) >= 11 is 0. The molecule has 1 N–H and O–H groups in total. The average molecular weight is 346 g/mol. The summed E-state index contributed by atoms with van der Waals surface area (Å²) in [5, 5.41) is 7.34. The zero-order valence-corrected chi connectivity index (χ0v) is 14.9. The Labute approximate surface area is 146 Å². The second kappa shape index (κ2) is 7.77. The molecule has 0 aliphatic carbocycles. The Morgan fingerprint density at radius 2 is 2.12 bits per heavy atom. The second-order valence-electron chi connectivity index (χ2n) is 6.91. The summed E-state index contributed by atoms with van der Waals surface area (Å²) in [5.74, 6) is 0.666. The van der Waals surface area contributed by atoms with Gasteiger partial charge in [-0.15, -0.1) is 0 Å². The number of nitrogens with zero attached hydrogens (tertiary/aromatic N) is 5. The molecule has 0 atom stereocenters. The van der Waals surface area contributed by atoms with Gasteiger partial charge in [-0.3, -0.25) is 18.8 Å². The molecule has 1 fully saturated rings. The summed E-state index contributed by atoms with van der Waals surface area (Å²) < 4.78 is 2.87. The van der Waals surface area contributed by atoms with Gasteiger partial charge in [0, 0.05) is 13.6 Å². The van der Waals surface area contributed by atoms with Crippen LogP contribution in [0.2, 0.25) is 0 Å². The van der Waals surface area contributed by atoms with E-state index in [4.69, 9.17) is 0 Å². The molecule has 3 heterocycles. The summed E-state index contributed by atoms with van der Waals surface area (Å²) in [4.78, 5) is 31.0. The number of fused-ring (bicyclic) bond motifs is 1. The van der Waals surface area contributed by atoms with E-state index in [2.05, 4.69) is 27.2 Å². The van der Waals surface area contributed by atoms with Crippen LogP contribution in [-0.2, 0) is 18.4 Å². The molecule has 0 bridgehead atoms. The van der Waals surface area contributed by atoms with E-state index in [-0.39, 0.29) is 18.0 Å². The number of nitrogens with one attached hydrogen (secondary N) is 1. The third-order valence-corrected chi connectivity index (χ3v) is 4.88. The molecular formula is C17H26N6O2. The Bertz CT molecular complexity index is 788. The number of aryl methyl sites for hydroxylation is 1. The summed E-state index contributed by atoms with van der Waals surface area (Å²) in [5.41, 5.74) is 0.285. The van der Waals surface area contributed by atoms with Crippen molar-refractivity contribution in [1.29, 1.82) is 0 Å². The van der Waals surface area contributed by atoms with Crippen LogP contribution >= 0.6 is 0 Å². The molecule has 1 amide bonds. The van der Waals surface area contributed by atoms with Gasteiger partial charge in [0.25, 0.3) is 5.56 Å². The fourth-order valence-electron chi connectivity index (χ4n) is 3.21. The molecule has 1 saturated heterocycles. The van der Waals surface area contributed by atoms with Gasteiger partial charge in [0.15, 0.2) is 5.65 Å². The quantitative estimate of drug-likeness (QED) is 0.764. The maximum atomic E-state index is 12.3. The van der Waals surface area contributed by atoms with Crippen LogP contribution in [-0.4, -0.2) is 56.3 Å². The molecule has 8 heteroatoms. The fourth-order valence-corrected chi connectivity index (χ4v) is 3.21. The lowest BCUT2D eigenvalue weighted by Crippen LogP contribution is -2.36. The molecule has 2 aromatic rings.